The molecule has 0 unspecified atom stereocenters. The third-order valence-electron chi connectivity index (χ3n) is 2.21. The Bertz CT molecular complexity index is 164. The lowest BCUT2D eigenvalue weighted by atomic mass is 10.2. The molecule has 0 bridgehead atoms. The molecule has 0 atom stereocenters. The van der Waals surface area contributed by atoms with Crippen LogP contribution in [0.3, 0.4) is 0 Å². The van der Waals surface area contributed by atoms with Gasteiger partial charge in [-0.25, -0.2) is 0 Å². The zero-order chi connectivity index (χ0) is 12.1. The highest BCUT2D eigenvalue weighted by molar-refractivity contribution is 7.98. The van der Waals surface area contributed by atoms with Crippen molar-refractivity contribution in [1.29, 1.82) is 0 Å². The molecule has 0 aromatic carbocycles. The van der Waals surface area contributed by atoms with Crippen molar-refractivity contribution in [2.75, 3.05) is 31.6 Å². The first-order chi connectivity index (χ1) is 7.85. The van der Waals surface area contributed by atoms with Gasteiger partial charge in [0.25, 0.3) is 0 Å². The second-order valence-electron chi connectivity index (χ2n) is 3.70. The van der Waals surface area contributed by atoms with E-state index in [0.29, 0.717) is 0 Å². The Morgan fingerprint density at radius 3 is 2.19 bits per heavy atom. The fourth-order valence-corrected chi connectivity index (χ4v) is 1.90. The smallest absolute Gasteiger partial charge is 0.191 e. The second-order valence-corrected chi connectivity index (χ2v) is 4.68. The quantitative estimate of drug-likeness (QED) is 0.372. The summed E-state index contributed by atoms with van der Waals surface area (Å²) in [6.45, 7) is 6.98. The molecule has 0 fully saturated rings. The van der Waals surface area contributed by atoms with Crippen molar-refractivity contribution in [2.45, 2.75) is 39.5 Å². The number of guanidine groups is 1. The van der Waals surface area contributed by atoms with E-state index in [9.17, 15) is 0 Å². The van der Waals surface area contributed by atoms with Gasteiger partial charge in [0.2, 0.25) is 0 Å². The summed E-state index contributed by atoms with van der Waals surface area (Å²) in [6, 6.07) is 0. The van der Waals surface area contributed by atoms with Crippen molar-refractivity contribution in [3.63, 3.8) is 0 Å². The van der Waals surface area contributed by atoms with Crippen LogP contribution < -0.4 is 10.6 Å². The van der Waals surface area contributed by atoms with E-state index in [0.717, 1.165) is 25.6 Å². The predicted octanol–water partition coefficient (Wildman–Crippen LogP) is 2.48. The Morgan fingerprint density at radius 1 is 1.00 bits per heavy atom. The van der Waals surface area contributed by atoms with Gasteiger partial charge in [-0.1, -0.05) is 12.8 Å². The lowest BCUT2D eigenvalue weighted by Gasteiger charge is -2.08. The largest absolute Gasteiger partial charge is 0.357 e. The standard InChI is InChI=1S/C12H27N3S/c1-4-13-12(14-5-2)15-10-8-6-7-9-11-16-3/h4-11H2,1-3H3,(H2,13,14,15). The van der Waals surface area contributed by atoms with Crippen LogP contribution >= 0.6 is 11.8 Å². The molecule has 0 aromatic rings. The van der Waals surface area contributed by atoms with Gasteiger partial charge < -0.3 is 10.6 Å². The van der Waals surface area contributed by atoms with Crippen molar-refractivity contribution in [1.82, 2.24) is 10.6 Å². The van der Waals surface area contributed by atoms with Gasteiger partial charge in [0.15, 0.2) is 5.96 Å². The summed E-state index contributed by atoms with van der Waals surface area (Å²) in [5, 5.41) is 6.46. The van der Waals surface area contributed by atoms with Crippen LogP contribution in [0.5, 0.6) is 0 Å². The third kappa shape index (κ3) is 10.1. The average Bonchev–Trinajstić information content (AvgIpc) is 2.28. The Hall–Kier alpha value is -0.380. The van der Waals surface area contributed by atoms with Gasteiger partial charge >= 0.3 is 0 Å². The van der Waals surface area contributed by atoms with Gasteiger partial charge in [-0.05, 0) is 38.7 Å². The van der Waals surface area contributed by atoms with E-state index >= 15 is 0 Å². The highest BCUT2D eigenvalue weighted by Crippen LogP contribution is 2.04. The molecular formula is C12H27N3S. The molecule has 96 valence electrons. The summed E-state index contributed by atoms with van der Waals surface area (Å²) in [5.41, 5.74) is 0. The Balaban J connectivity index is 3.46. The summed E-state index contributed by atoms with van der Waals surface area (Å²) in [4.78, 5) is 4.51. The minimum absolute atomic E-state index is 0.930. The number of nitrogens with zero attached hydrogens (tertiary/aromatic N) is 1. The van der Waals surface area contributed by atoms with Crippen LogP contribution in [0.1, 0.15) is 39.5 Å². The van der Waals surface area contributed by atoms with E-state index in [4.69, 9.17) is 0 Å². The number of nitrogens with one attached hydrogen (secondary N) is 2. The molecule has 0 saturated heterocycles. The number of aliphatic imine (C=N–C) groups is 1. The zero-order valence-corrected chi connectivity index (χ0v) is 11.8. The first kappa shape index (κ1) is 15.6. The molecule has 16 heavy (non-hydrogen) atoms. The lowest BCUT2D eigenvalue weighted by molar-refractivity contribution is 0.674. The SMILES string of the molecule is CCNC(=NCCCCCCSC)NCC. The first-order valence-corrected chi connectivity index (χ1v) is 7.75. The fraction of sp³-hybridized carbons (Fsp3) is 0.917. The Kier molecular flexibility index (Phi) is 12.4. The number of rotatable bonds is 9. The van der Waals surface area contributed by atoms with Crippen LogP contribution in [0.25, 0.3) is 0 Å². The summed E-state index contributed by atoms with van der Waals surface area (Å²) in [6.07, 6.45) is 7.36. The summed E-state index contributed by atoms with van der Waals surface area (Å²) in [5.74, 6) is 2.25. The predicted molar refractivity (Wildman–Crippen MR) is 76.5 cm³/mol. The Morgan fingerprint density at radius 2 is 1.62 bits per heavy atom. The highest BCUT2D eigenvalue weighted by Gasteiger charge is 1.93. The maximum Gasteiger partial charge on any atom is 0.191 e. The number of hydrogen-bond donors (Lipinski definition) is 2. The van der Waals surface area contributed by atoms with Gasteiger partial charge in [-0.3, -0.25) is 4.99 Å². The highest BCUT2D eigenvalue weighted by atomic mass is 32.2. The van der Waals surface area contributed by atoms with Crippen LogP contribution in [0.15, 0.2) is 4.99 Å². The second kappa shape index (κ2) is 12.7. The van der Waals surface area contributed by atoms with E-state index < -0.39 is 0 Å². The van der Waals surface area contributed by atoms with E-state index in [1.807, 2.05) is 11.8 Å². The van der Waals surface area contributed by atoms with Crippen molar-refractivity contribution in [2.24, 2.45) is 4.99 Å². The van der Waals surface area contributed by atoms with Gasteiger partial charge in [0, 0.05) is 19.6 Å². The lowest BCUT2D eigenvalue weighted by Crippen LogP contribution is -2.37. The van der Waals surface area contributed by atoms with Gasteiger partial charge in [-0.15, -0.1) is 0 Å². The molecule has 0 radical (unpaired) electrons. The van der Waals surface area contributed by atoms with Crippen LogP contribution in [0.4, 0.5) is 0 Å². The average molecular weight is 245 g/mol. The van der Waals surface area contributed by atoms with Gasteiger partial charge in [0.1, 0.15) is 0 Å². The van der Waals surface area contributed by atoms with Crippen LogP contribution in [0.2, 0.25) is 0 Å². The fourth-order valence-electron chi connectivity index (χ4n) is 1.41. The van der Waals surface area contributed by atoms with Crippen LogP contribution in [-0.2, 0) is 0 Å². The van der Waals surface area contributed by atoms with Crippen molar-refractivity contribution >= 4 is 17.7 Å². The van der Waals surface area contributed by atoms with E-state index in [-0.39, 0.29) is 0 Å². The number of unbranched alkanes of at least 4 members (excludes halogenated alkanes) is 3. The molecule has 0 aliphatic rings. The Labute approximate surface area is 105 Å². The van der Waals surface area contributed by atoms with Crippen LogP contribution in [-0.4, -0.2) is 37.6 Å². The molecule has 0 spiro atoms. The van der Waals surface area contributed by atoms with E-state index in [1.165, 1.54) is 31.4 Å². The summed E-state index contributed by atoms with van der Waals surface area (Å²) >= 11 is 1.94. The van der Waals surface area contributed by atoms with Crippen LogP contribution in [0, 0.1) is 0 Å². The molecule has 0 amide bonds. The normalized spacial score (nSPS) is 9.94. The molecule has 4 heteroatoms. The molecule has 3 nitrogen and oxygen atoms in total. The monoisotopic (exact) mass is 245 g/mol. The maximum absolute atomic E-state index is 4.51. The van der Waals surface area contributed by atoms with E-state index in [1.54, 1.807) is 0 Å². The van der Waals surface area contributed by atoms with Gasteiger partial charge in [0.05, 0.1) is 0 Å². The summed E-state index contributed by atoms with van der Waals surface area (Å²) < 4.78 is 0. The van der Waals surface area contributed by atoms with Crippen molar-refractivity contribution < 1.29 is 0 Å². The first-order valence-electron chi connectivity index (χ1n) is 6.36. The minimum atomic E-state index is 0.930. The molecule has 0 rings (SSSR count). The summed E-state index contributed by atoms with van der Waals surface area (Å²) in [7, 11) is 0. The van der Waals surface area contributed by atoms with Crippen molar-refractivity contribution in [3.8, 4) is 0 Å². The van der Waals surface area contributed by atoms with Crippen molar-refractivity contribution in [3.05, 3.63) is 0 Å². The maximum atomic E-state index is 4.51. The molecular weight excluding hydrogens is 218 g/mol. The third-order valence-corrected chi connectivity index (χ3v) is 2.91. The molecule has 0 saturated carbocycles. The van der Waals surface area contributed by atoms with E-state index in [2.05, 4.69) is 35.7 Å². The minimum Gasteiger partial charge on any atom is -0.357 e. The molecule has 0 heterocycles. The molecule has 0 aromatic heterocycles. The number of thioether (sulfide) groups is 1. The van der Waals surface area contributed by atoms with Gasteiger partial charge in [-0.2, -0.15) is 11.8 Å². The number of hydrogen-bond acceptors (Lipinski definition) is 2. The molecule has 0 aliphatic heterocycles. The molecule has 2 N–H and O–H groups in total. The topological polar surface area (TPSA) is 36.4 Å². The molecule has 0 aliphatic carbocycles. The zero-order valence-electron chi connectivity index (χ0n) is 11.0.